The second-order valence-corrected chi connectivity index (χ2v) is 7.15. The Hall–Kier alpha value is -2.82. The number of ether oxygens (including phenoxy) is 1. The molecule has 0 aliphatic rings. The first-order chi connectivity index (χ1) is 12.2. The molecule has 0 aliphatic heterocycles. The highest BCUT2D eigenvalue weighted by Gasteiger charge is 2.20. The number of carbonyl (C=O) groups is 2. The van der Waals surface area contributed by atoms with E-state index in [0.717, 1.165) is 16.7 Å². The summed E-state index contributed by atoms with van der Waals surface area (Å²) >= 11 is 0. The largest absolute Gasteiger partial charge is 0.444 e. The number of nitrogens with one attached hydrogen (secondary N) is 2. The third-order valence-corrected chi connectivity index (χ3v) is 3.65. The van der Waals surface area contributed by atoms with Crippen LogP contribution in [0.15, 0.2) is 54.6 Å². The van der Waals surface area contributed by atoms with Crippen molar-refractivity contribution in [2.24, 2.45) is 0 Å². The van der Waals surface area contributed by atoms with E-state index in [1.54, 1.807) is 27.7 Å². The standard InChI is InChI=1S/C21H26N2O3/c1-15(23-20(25)26-21(2,3)4)19(24)22-14-16-10-12-18(13-11-16)17-8-6-5-7-9-17/h5-13,15H,14H2,1-4H3,(H,22,24)(H,23,25). The van der Waals surface area contributed by atoms with Crippen molar-refractivity contribution < 1.29 is 14.3 Å². The number of hydrogen-bond donors (Lipinski definition) is 2. The lowest BCUT2D eigenvalue weighted by atomic mass is 10.0. The minimum Gasteiger partial charge on any atom is -0.444 e. The summed E-state index contributed by atoms with van der Waals surface area (Å²) in [5, 5.41) is 5.35. The van der Waals surface area contributed by atoms with Gasteiger partial charge in [-0.25, -0.2) is 4.79 Å². The van der Waals surface area contributed by atoms with Gasteiger partial charge in [0.25, 0.3) is 0 Å². The summed E-state index contributed by atoms with van der Waals surface area (Å²) in [7, 11) is 0. The van der Waals surface area contributed by atoms with E-state index < -0.39 is 17.7 Å². The summed E-state index contributed by atoms with van der Waals surface area (Å²) in [6, 6.07) is 17.4. The highest BCUT2D eigenvalue weighted by molar-refractivity contribution is 5.85. The van der Waals surface area contributed by atoms with Crippen LogP contribution < -0.4 is 10.6 Å². The molecule has 2 rings (SSSR count). The van der Waals surface area contributed by atoms with Gasteiger partial charge >= 0.3 is 6.09 Å². The van der Waals surface area contributed by atoms with Crippen LogP contribution in [0.5, 0.6) is 0 Å². The molecule has 2 N–H and O–H groups in total. The third kappa shape index (κ3) is 6.24. The molecule has 0 bridgehead atoms. The topological polar surface area (TPSA) is 67.4 Å². The van der Waals surface area contributed by atoms with Crippen LogP contribution in [-0.2, 0) is 16.1 Å². The van der Waals surface area contributed by atoms with Crippen molar-refractivity contribution in [1.29, 1.82) is 0 Å². The Kier molecular flexibility index (Phi) is 6.39. The molecule has 2 aromatic carbocycles. The van der Waals surface area contributed by atoms with E-state index in [2.05, 4.69) is 22.8 Å². The van der Waals surface area contributed by atoms with E-state index in [4.69, 9.17) is 4.74 Å². The van der Waals surface area contributed by atoms with Gasteiger partial charge in [0.1, 0.15) is 11.6 Å². The minimum atomic E-state index is -0.673. The number of benzene rings is 2. The molecule has 0 saturated carbocycles. The molecule has 138 valence electrons. The third-order valence-electron chi connectivity index (χ3n) is 3.65. The van der Waals surface area contributed by atoms with E-state index >= 15 is 0 Å². The highest BCUT2D eigenvalue weighted by Crippen LogP contribution is 2.19. The first-order valence-electron chi connectivity index (χ1n) is 8.66. The van der Waals surface area contributed by atoms with Crippen molar-refractivity contribution in [3.63, 3.8) is 0 Å². The number of rotatable bonds is 5. The van der Waals surface area contributed by atoms with Crippen molar-refractivity contribution >= 4 is 12.0 Å². The maximum absolute atomic E-state index is 12.1. The van der Waals surface area contributed by atoms with Gasteiger partial charge in [-0.05, 0) is 44.4 Å². The maximum atomic E-state index is 12.1. The molecule has 0 spiro atoms. The van der Waals surface area contributed by atoms with Gasteiger partial charge in [0, 0.05) is 6.54 Å². The lowest BCUT2D eigenvalue weighted by molar-refractivity contribution is -0.122. The van der Waals surface area contributed by atoms with Crippen molar-refractivity contribution in [3.05, 3.63) is 60.2 Å². The molecule has 2 aromatic rings. The van der Waals surface area contributed by atoms with Gasteiger partial charge in [0.2, 0.25) is 5.91 Å². The Balaban J connectivity index is 1.84. The molecule has 2 amide bonds. The second-order valence-electron chi connectivity index (χ2n) is 7.15. The molecule has 0 fully saturated rings. The molecular formula is C21H26N2O3. The summed E-state index contributed by atoms with van der Waals surface area (Å²) in [5.74, 6) is -0.261. The SMILES string of the molecule is CC(NC(=O)OC(C)(C)C)C(=O)NCc1ccc(-c2ccccc2)cc1. The first-order valence-corrected chi connectivity index (χ1v) is 8.66. The molecular weight excluding hydrogens is 328 g/mol. The fourth-order valence-corrected chi connectivity index (χ4v) is 2.34. The van der Waals surface area contributed by atoms with Crippen molar-refractivity contribution in [3.8, 4) is 11.1 Å². The number of carbonyl (C=O) groups excluding carboxylic acids is 2. The van der Waals surface area contributed by atoms with Gasteiger partial charge in [0.15, 0.2) is 0 Å². The molecule has 0 heterocycles. The Morgan fingerprint density at radius 2 is 1.54 bits per heavy atom. The predicted molar refractivity (Wildman–Crippen MR) is 103 cm³/mol. The average Bonchev–Trinajstić information content (AvgIpc) is 2.59. The highest BCUT2D eigenvalue weighted by atomic mass is 16.6. The fourth-order valence-electron chi connectivity index (χ4n) is 2.34. The Morgan fingerprint density at radius 1 is 0.962 bits per heavy atom. The molecule has 1 unspecified atom stereocenters. The Labute approximate surface area is 154 Å². The summed E-state index contributed by atoms with van der Waals surface area (Å²) in [6.45, 7) is 7.34. The van der Waals surface area contributed by atoms with Gasteiger partial charge in [-0.1, -0.05) is 54.6 Å². The van der Waals surface area contributed by atoms with Gasteiger partial charge < -0.3 is 15.4 Å². The van der Waals surface area contributed by atoms with E-state index in [1.807, 2.05) is 42.5 Å². The van der Waals surface area contributed by atoms with Crippen molar-refractivity contribution in [1.82, 2.24) is 10.6 Å². The van der Waals surface area contributed by atoms with Crippen LogP contribution in [0.1, 0.15) is 33.3 Å². The van der Waals surface area contributed by atoms with Crippen LogP contribution in [0.25, 0.3) is 11.1 Å². The van der Waals surface area contributed by atoms with Crippen molar-refractivity contribution in [2.75, 3.05) is 0 Å². The summed E-state index contributed by atoms with van der Waals surface area (Å²) in [6.07, 6.45) is -0.604. The Morgan fingerprint density at radius 3 is 2.12 bits per heavy atom. The quantitative estimate of drug-likeness (QED) is 0.856. The summed E-state index contributed by atoms with van der Waals surface area (Å²) in [5.41, 5.74) is 2.67. The zero-order valence-electron chi connectivity index (χ0n) is 15.7. The minimum absolute atomic E-state index is 0.261. The monoisotopic (exact) mass is 354 g/mol. The van der Waals surface area contributed by atoms with Crippen LogP contribution in [0.4, 0.5) is 4.79 Å². The molecule has 1 atom stereocenters. The van der Waals surface area contributed by atoms with E-state index in [1.165, 1.54) is 0 Å². The molecule has 5 heteroatoms. The Bertz CT molecular complexity index is 734. The molecule has 0 aromatic heterocycles. The van der Waals surface area contributed by atoms with Crippen LogP contribution >= 0.6 is 0 Å². The zero-order valence-corrected chi connectivity index (χ0v) is 15.7. The van der Waals surface area contributed by atoms with Crippen LogP contribution in [0.2, 0.25) is 0 Å². The molecule has 5 nitrogen and oxygen atoms in total. The number of alkyl carbamates (subject to hydrolysis) is 1. The van der Waals surface area contributed by atoms with Gasteiger partial charge in [-0.2, -0.15) is 0 Å². The van der Waals surface area contributed by atoms with Crippen LogP contribution in [-0.4, -0.2) is 23.6 Å². The molecule has 0 radical (unpaired) electrons. The average molecular weight is 354 g/mol. The number of hydrogen-bond acceptors (Lipinski definition) is 3. The molecule has 0 aliphatic carbocycles. The molecule has 26 heavy (non-hydrogen) atoms. The smallest absolute Gasteiger partial charge is 0.408 e. The summed E-state index contributed by atoms with van der Waals surface area (Å²) in [4.78, 5) is 23.8. The molecule has 0 saturated heterocycles. The normalized spacial score (nSPS) is 12.2. The number of amides is 2. The first kappa shape index (κ1) is 19.5. The van der Waals surface area contributed by atoms with Gasteiger partial charge in [0.05, 0.1) is 0 Å². The summed E-state index contributed by atoms with van der Waals surface area (Å²) < 4.78 is 5.15. The van der Waals surface area contributed by atoms with E-state index in [-0.39, 0.29) is 5.91 Å². The van der Waals surface area contributed by atoms with E-state index in [9.17, 15) is 9.59 Å². The van der Waals surface area contributed by atoms with Gasteiger partial charge in [-0.15, -0.1) is 0 Å². The van der Waals surface area contributed by atoms with E-state index in [0.29, 0.717) is 6.54 Å². The lowest BCUT2D eigenvalue weighted by Crippen LogP contribution is -2.46. The van der Waals surface area contributed by atoms with Crippen LogP contribution in [0.3, 0.4) is 0 Å². The zero-order chi connectivity index (χ0) is 19.2. The lowest BCUT2D eigenvalue weighted by Gasteiger charge is -2.21. The van der Waals surface area contributed by atoms with Crippen molar-refractivity contribution in [2.45, 2.75) is 45.9 Å². The second kappa shape index (κ2) is 8.52. The fraction of sp³-hybridized carbons (Fsp3) is 0.333. The van der Waals surface area contributed by atoms with Gasteiger partial charge in [-0.3, -0.25) is 4.79 Å². The van der Waals surface area contributed by atoms with Crippen LogP contribution in [0, 0.1) is 0 Å². The predicted octanol–water partition coefficient (Wildman–Crippen LogP) is 3.88. The maximum Gasteiger partial charge on any atom is 0.408 e.